The van der Waals surface area contributed by atoms with E-state index in [9.17, 15) is 13.5 Å². The number of sulfonamides is 1. The number of rotatable bonds is 5. The topological polar surface area (TPSA) is 66.4 Å². The van der Waals surface area contributed by atoms with Gasteiger partial charge in [0, 0.05) is 22.3 Å². The fourth-order valence-corrected chi connectivity index (χ4v) is 4.86. The first kappa shape index (κ1) is 18.9. The molecule has 0 spiro atoms. The molecule has 0 amide bonds. The van der Waals surface area contributed by atoms with Gasteiger partial charge in [-0.25, -0.2) is 13.1 Å². The van der Waals surface area contributed by atoms with Gasteiger partial charge in [0.05, 0.1) is 11.0 Å². The molecule has 4 nitrogen and oxygen atoms in total. The van der Waals surface area contributed by atoms with E-state index < -0.39 is 16.1 Å². The molecule has 0 saturated carbocycles. The highest BCUT2D eigenvalue weighted by Crippen LogP contribution is 2.29. The van der Waals surface area contributed by atoms with Gasteiger partial charge in [-0.05, 0) is 28.5 Å². The minimum atomic E-state index is -3.83. The number of benzene rings is 4. The molecule has 0 aromatic heterocycles. The predicted octanol–water partition coefficient (Wildman–Crippen LogP) is 4.66. The summed E-state index contributed by atoms with van der Waals surface area (Å²) in [5, 5.41) is 14.2. The molecule has 0 aliphatic rings. The molecule has 142 valence electrons. The molecule has 1 unspecified atom stereocenters. The molecule has 1 atom stereocenters. The summed E-state index contributed by atoms with van der Waals surface area (Å²) >= 11 is 6.19. The van der Waals surface area contributed by atoms with E-state index in [0.717, 1.165) is 10.8 Å². The van der Waals surface area contributed by atoms with Crippen LogP contribution in [0.2, 0.25) is 5.02 Å². The molecule has 0 heterocycles. The second-order valence-electron chi connectivity index (χ2n) is 6.53. The number of hydrogen-bond acceptors (Lipinski definition) is 3. The third-order valence-electron chi connectivity index (χ3n) is 4.77. The van der Waals surface area contributed by atoms with Crippen LogP contribution in [0.5, 0.6) is 0 Å². The van der Waals surface area contributed by atoms with Crippen LogP contribution in [0, 0.1) is 0 Å². The molecular formula is C22H18ClNO3S. The Morgan fingerprint density at radius 2 is 1.46 bits per heavy atom. The van der Waals surface area contributed by atoms with Crippen molar-refractivity contribution in [3.63, 3.8) is 0 Å². The lowest BCUT2D eigenvalue weighted by molar-refractivity contribution is 0.183. The molecule has 0 radical (unpaired) electrons. The summed E-state index contributed by atoms with van der Waals surface area (Å²) in [6.45, 7) is -0.132. The van der Waals surface area contributed by atoms with Crippen molar-refractivity contribution in [2.45, 2.75) is 11.0 Å². The second kappa shape index (κ2) is 7.53. The highest BCUT2D eigenvalue weighted by atomic mass is 35.5. The van der Waals surface area contributed by atoms with Crippen molar-refractivity contribution in [1.29, 1.82) is 0 Å². The van der Waals surface area contributed by atoms with Crippen molar-refractivity contribution in [1.82, 2.24) is 4.72 Å². The lowest BCUT2D eigenvalue weighted by atomic mass is 10.0. The van der Waals surface area contributed by atoms with E-state index in [2.05, 4.69) is 4.72 Å². The minimum absolute atomic E-state index is 0.132. The van der Waals surface area contributed by atoms with Crippen molar-refractivity contribution in [2.75, 3.05) is 6.54 Å². The van der Waals surface area contributed by atoms with Crippen LogP contribution >= 0.6 is 11.6 Å². The third kappa shape index (κ3) is 3.50. The molecular weight excluding hydrogens is 394 g/mol. The summed E-state index contributed by atoms with van der Waals surface area (Å²) in [7, 11) is -3.83. The van der Waals surface area contributed by atoms with Crippen molar-refractivity contribution >= 4 is 43.2 Å². The Labute approximate surface area is 168 Å². The molecule has 0 fully saturated rings. The van der Waals surface area contributed by atoms with Gasteiger partial charge in [0.2, 0.25) is 10.0 Å². The molecule has 2 N–H and O–H groups in total. The van der Waals surface area contributed by atoms with Crippen LogP contribution in [0.15, 0.2) is 83.8 Å². The third-order valence-corrected chi connectivity index (χ3v) is 6.58. The molecule has 4 aromatic rings. The average molecular weight is 412 g/mol. The van der Waals surface area contributed by atoms with Crippen LogP contribution in [0.25, 0.3) is 21.5 Å². The SMILES string of the molecule is O=S(=O)(NCC(O)c1cccc2ccccc12)c1ccc(Cl)c2ccccc12. The zero-order valence-electron chi connectivity index (χ0n) is 14.8. The molecule has 4 aromatic carbocycles. The predicted molar refractivity (Wildman–Crippen MR) is 113 cm³/mol. The maximum atomic E-state index is 12.9. The van der Waals surface area contributed by atoms with Crippen molar-refractivity contribution in [3.05, 3.63) is 89.4 Å². The van der Waals surface area contributed by atoms with E-state index in [4.69, 9.17) is 11.6 Å². The van der Waals surface area contributed by atoms with Crippen LogP contribution in [0.4, 0.5) is 0 Å². The smallest absolute Gasteiger partial charge is 0.241 e. The monoisotopic (exact) mass is 411 g/mol. The Balaban J connectivity index is 1.63. The summed E-state index contributed by atoms with van der Waals surface area (Å²) in [5.74, 6) is 0. The standard InChI is InChI=1S/C22H18ClNO3S/c23-20-12-13-22(19-10-4-3-9-17(19)20)28(26,27)24-14-21(25)18-11-5-7-15-6-1-2-8-16(15)18/h1-13,21,24-25H,14H2. The Bertz CT molecular complexity index is 1270. The van der Waals surface area contributed by atoms with Gasteiger partial charge < -0.3 is 5.11 Å². The first-order valence-corrected chi connectivity index (χ1v) is 10.7. The fraction of sp³-hybridized carbons (Fsp3) is 0.0909. The van der Waals surface area contributed by atoms with Crippen molar-refractivity contribution in [2.24, 2.45) is 0 Å². The molecule has 6 heteroatoms. The van der Waals surface area contributed by atoms with E-state index in [1.165, 1.54) is 6.07 Å². The maximum Gasteiger partial charge on any atom is 0.241 e. The van der Waals surface area contributed by atoms with E-state index in [-0.39, 0.29) is 11.4 Å². The number of halogens is 1. The molecule has 28 heavy (non-hydrogen) atoms. The van der Waals surface area contributed by atoms with Crippen LogP contribution < -0.4 is 4.72 Å². The Morgan fingerprint density at radius 3 is 2.25 bits per heavy atom. The largest absolute Gasteiger partial charge is 0.387 e. The number of nitrogens with one attached hydrogen (secondary N) is 1. The van der Waals surface area contributed by atoms with E-state index in [1.807, 2.05) is 42.5 Å². The molecule has 0 saturated heterocycles. The fourth-order valence-electron chi connectivity index (χ4n) is 3.39. The van der Waals surface area contributed by atoms with Gasteiger partial charge >= 0.3 is 0 Å². The van der Waals surface area contributed by atoms with Gasteiger partial charge in [-0.2, -0.15) is 0 Å². The summed E-state index contributed by atoms with van der Waals surface area (Å²) in [6, 6.07) is 23.4. The number of aliphatic hydroxyl groups is 1. The molecule has 0 aliphatic carbocycles. The molecule has 0 bridgehead atoms. The number of aliphatic hydroxyl groups excluding tert-OH is 1. The van der Waals surface area contributed by atoms with Crippen LogP contribution in [-0.4, -0.2) is 20.1 Å². The van der Waals surface area contributed by atoms with Gasteiger partial charge in [0.1, 0.15) is 0 Å². The van der Waals surface area contributed by atoms with Gasteiger partial charge in [-0.3, -0.25) is 0 Å². The minimum Gasteiger partial charge on any atom is -0.387 e. The van der Waals surface area contributed by atoms with Crippen LogP contribution in [-0.2, 0) is 10.0 Å². The Kier molecular flexibility index (Phi) is 5.08. The quantitative estimate of drug-likeness (QED) is 0.502. The first-order chi connectivity index (χ1) is 13.5. The summed E-state index contributed by atoms with van der Waals surface area (Å²) in [6.07, 6.45) is -0.973. The van der Waals surface area contributed by atoms with E-state index >= 15 is 0 Å². The summed E-state index contributed by atoms with van der Waals surface area (Å²) < 4.78 is 28.3. The molecule has 4 rings (SSSR count). The zero-order chi connectivity index (χ0) is 19.7. The van der Waals surface area contributed by atoms with Crippen molar-refractivity contribution in [3.8, 4) is 0 Å². The highest BCUT2D eigenvalue weighted by Gasteiger charge is 2.20. The summed E-state index contributed by atoms with van der Waals surface area (Å²) in [5.41, 5.74) is 0.682. The normalized spacial score (nSPS) is 13.1. The number of fused-ring (bicyclic) bond motifs is 2. The summed E-state index contributed by atoms with van der Waals surface area (Å²) in [4.78, 5) is 0.137. The van der Waals surface area contributed by atoms with E-state index in [1.54, 1.807) is 30.3 Å². The number of hydrogen-bond donors (Lipinski definition) is 2. The van der Waals surface area contributed by atoms with Gasteiger partial charge in [-0.1, -0.05) is 78.3 Å². The highest BCUT2D eigenvalue weighted by molar-refractivity contribution is 7.89. The zero-order valence-corrected chi connectivity index (χ0v) is 16.4. The van der Waals surface area contributed by atoms with Gasteiger partial charge in [-0.15, -0.1) is 0 Å². The average Bonchev–Trinajstić information content (AvgIpc) is 2.72. The Hall–Kier alpha value is -2.44. The van der Waals surface area contributed by atoms with E-state index in [0.29, 0.717) is 21.4 Å². The van der Waals surface area contributed by atoms with Crippen molar-refractivity contribution < 1.29 is 13.5 Å². The molecule has 0 aliphatic heterocycles. The Morgan fingerprint density at radius 1 is 0.821 bits per heavy atom. The lowest BCUT2D eigenvalue weighted by Crippen LogP contribution is -2.28. The van der Waals surface area contributed by atoms with Crippen LogP contribution in [0.3, 0.4) is 0 Å². The first-order valence-electron chi connectivity index (χ1n) is 8.80. The van der Waals surface area contributed by atoms with Gasteiger partial charge in [0.15, 0.2) is 0 Å². The van der Waals surface area contributed by atoms with Gasteiger partial charge in [0.25, 0.3) is 0 Å². The van der Waals surface area contributed by atoms with Crippen LogP contribution in [0.1, 0.15) is 11.7 Å². The lowest BCUT2D eigenvalue weighted by Gasteiger charge is -2.16. The second-order valence-corrected chi connectivity index (χ2v) is 8.67. The maximum absolute atomic E-state index is 12.9.